The lowest BCUT2D eigenvalue weighted by Crippen LogP contribution is -2.13. The first-order chi connectivity index (χ1) is 44.3. The number of aromatic amines is 1. The van der Waals surface area contributed by atoms with Crippen molar-refractivity contribution in [1.29, 1.82) is 0 Å². The molecule has 3 N–H and O–H groups in total. The minimum absolute atomic E-state index is 0.0438. The molecule has 0 aliphatic rings. The third kappa shape index (κ3) is 21.1. The number of nitrogens with one attached hydrogen (secondary N) is 1. The summed E-state index contributed by atoms with van der Waals surface area (Å²) in [6.07, 6.45) is -18.3. The van der Waals surface area contributed by atoms with Crippen LogP contribution in [0.5, 0.6) is 0 Å². The van der Waals surface area contributed by atoms with Crippen molar-refractivity contribution in [2.75, 3.05) is 5.73 Å². The molecule has 0 saturated carbocycles. The molecule has 37 heteroatoms. The van der Waals surface area contributed by atoms with Gasteiger partial charge in [-0.1, -0.05) is 121 Å². The van der Waals surface area contributed by atoms with E-state index in [0.717, 1.165) is 54.6 Å². The number of sulfonamides is 1. The predicted molar refractivity (Wildman–Crippen MR) is 319 cm³/mol. The number of halogens is 13. The van der Waals surface area contributed by atoms with Crippen LogP contribution in [0, 0.1) is 13.1 Å². The maximum Gasteiger partial charge on any atom is 0.418 e. The summed E-state index contributed by atoms with van der Waals surface area (Å²) < 4.78 is 252. The fourth-order valence-electron chi connectivity index (χ4n) is 7.77. The van der Waals surface area contributed by atoms with Crippen LogP contribution in [0.25, 0.3) is 37.2 Å². The number of hydrogen-bond acceptors (Lipinski definition) is 15. The fraction of sp³-hybridized carbons (Fsp3) is 0.103. The number of para-hydroxylation sites is 1. The van der Waals surface area contributed by atoms with Crippen molar-refractivity contribution in [1.82, 2.24) is 41.2 Å². The number of H-pyrrole nitrogens is 1. The topological polar surface area (TPSA) is 293 Å². The van der Waals surface area contributed by atoms with Crippen LogP contribution in [0.3, 0.4) is 0 Å². The molecule has 95 heavy (non-hydrogen) atoms. The van der Waals surface area contributed by atoms with Crippen LogP contribution in [-0.4, -0.2) is 69.8 Å². The Balaban J connectivity index is 0.000000195. The summed E-state index contributed by atoms with van der Waals surface area (Å²) in [6.45, 7) is 13.5. The maximum absolute atomic E-state index is 13.1. The van der Waals surface area contributed by atoms with Gasteiger partial charge in [-0.25, -0.2) is 43.4 Å². The highest BCUT2D eigenvalue weighted by atomic mass is 35.7. The van der Waals surface area contributed by atoms with Gasteiger partial charge in [-0.15, -0.1) is 15.9 Å². The molecule has 0 spiro atoms. The number of anilines is 1. The first-order valence-electron chi connectivity index (χ1n) is 25.7. The molecule has 20 nitrogen and oxygen atoms in total. The van der Waals surface area contributed by atoms with E-state index in [1.165, 1.54) is 133 Å². The Bertz CT molecular complexity index is 4700. The molecule has 0 amide bonds. The van der Waals surface area contributed by atoms with Crippen molar-refractivity contribution < 1.29 is 86.4 Å². The number of nitrogens with zero attached hydrogens (tertiary/aromatic N) is 10. The van der Waals surface area contributed by atoms with Gasteiger partial charge in [0, 0.05) is 33.3 Å². The lowest BCUT2D eigenvalue weighted by atomic mass is 10.1. The minimum Gasteiger partial charge on any atom is -0.572 e. The van der Waals surface area contributed by atoms with Gasteiger partial charge in [-0.05, 0) is 94.7 Å². The van der Waals surface area contributed by atoms with Crippen LogP contribution in [0.1, 0.15) is 33.4 Å². The highest BCUT2D eigenvalue weighted by Gasteiger charge is 2.36. The zero-order chi connectivity index (χ0) is 70.2. The molecule has 8 aromatic carbocycles. The van der Waals surface area contributed by atoms with Crippen molar-refractivity contribution in [2.24, 2.45) is 0 Å². The maximum atomic E-state index is 13.1. The van der Waals surface area contributed by atoms with E-state index in [0.29, 0.717) is 11.1 Å². The molecule has 0 fully saturated rings. The minimum atomic E-state index is -4.72. The molecule has 0 unspecified atom stereocenters. The summed E-state index contributed by atoms with van der Waals surface area (Å²) >= 11 is 0. The second kappa shape index (κ2) is 30.7. The van der Waals surface area contributed by atoms with Gasteiger partial charge >= 0.3 is 24.7 Å². The van der Waals surface area contributed by atoms with Crippen LogP contribution < -0.4 is 10.8 Å². The summed E-state index contributed by atoms with van der Waals surface area (Å²) in [4.78, 5) is 5.56. The van der Waals surface area contributed by atoms with E-state index in [-0.39, 0.29) is 59.4 Å². The lowest BCUT2D eigenvalue weighted by molar-refractivity contribution is -0.138. The van der Waals surface area contributed by atoms with E-state index in [2.05, 4.69) is 55.7 Å². The Hall–Kier alpha value is -10.3. The predicted octanol–water partition coefficient (Wildman–Crippen LogP) is 14.5. The SMILES string of the molecule is Nc1ccccc1C(F)(F)F.O=S(=O)(Cc1ccccc1C(F)(F)F)c1cccc(-c2nn[nH]n2)c1.O=S(=O)([N-]c1ccccc1C(F)(F)F)c1cccc(-c2nnn[n-]2)c1.[C-]#[N+]c1cccc(S(=O)(=O)Cc2ccccc2C(F)(F)F)c1.[C-]#[N+]c1cccc(S(=O)(=O)Cl)c1. The highest BCUT2D eigenvalue weighted by molar-refractivity contribution is 8.13. The fourth-order valence-corrected chi connectivity index (χ4v) is 12.4. The molecule has 0 atom stereocenters. The molecule has 10 aromatic rings. The number of sulfone groups is 2. The van der Waals surface area contributed by atoms with Gasteiger partial charge in [0.1, 0.15) is 10.0 Å². The monoisotopic (exact) mass is 1420 g/mol. The number of aromatic nitrogens is 8. The Morgan fingerprint density at radius 3 is 1.36 bits per heavy atom. The second-order valence-corrected chi connectivity index (χ2v) is 26.8. The average Bonchev–Trinajstić information content (AvgIpc) is 1.20. The van der Waals surface area contributed by atoms with Gasteiger partial charge in [-0.2, -0.15) is 63.1 Å². The van der Waals surface area contributed by atoms with E-state index in [9.17, 15) is 86.4 Å². The smallest absolute Gasteiger partial charge is 0.418 e. The van der Waals surface area contributed by atoms with Crippen LogP contribution in [0.15, 0.2) is 214 Å². The summed E-state index contributed by atoms with van der Waals surface area (Å²) in [5.41, 5.74) is 0.752. The molecule has 0 saturated heterocycles. The molecule has 2 heterocycles. The third-order valence-corrected chi connectivity index (χ3v) is 18.0. The van der Waals surface area contributed by atoms with E-state index in [1.54, 1.807) is 6.07 Å². The van der Waals surface area contributed by atoms with Gasteiger partial charge in [0.2, 0.25) is 5.82 Å². The van der Waals surface area contributed by atoms with Gasteiger partial charge in [0.25, 0.3) is 9.05 Å². The molecular weight excluding hydrogens is 1380 g/mol. The zero-order valence-electron chi connectivity index (χ0n) is 47.3. The summed E-state index contributed by atoms with van der Waals surface area (Å²) in [7, 11) is -11.0. The largest absolute Gasteiger partial charge is 0.572 e. The van der Waals surface area contributed by atoms with Crippen molar-refractivity contribution in [3.05, 3.63) is 255 Å². The average molecular weight is 1420 g/mol. The van der Waals surface area contributed by atoms with E-state index < -0.39 is 103 Å². The van der Waals surface area contributed by atoms with Gasteiger partial charge in [0.15, 0.2) is 31.0 Å². The molecular formula is C58H39ClF12N12O8S4-2. The number of nitrogen functional groups attached to an aromatic ring is 1. The zero-order valence-corrected chi connectivity index (χ0v) is 51.3. The molecule has 0 bridgehead atoms. The van der Waals surface area contributed by atoms with Crippen molar-refractivity contribution in [2.45, 2.75) is 55.8 Å². The van der Waals surface area contributed by atoms with E-state index in [1.807, 2.05) is 0 Å². The first kappa shape index (κ1) is 73.8. The molecule has 0 aliphatic carbocycles. The van der Waals surface area contributed by atoms with Crippen LogP contribution in [-0.2, 0) is 75.0 Å². The van der Waals surface area contributed by atoms with Crippen LogP contribution in [0.2, 0.25) is 0 Å². The van der Waals surface area contributed by atoms with Crippen molar-refractivity contribution in [3.8, 4) is 22.8 Å². The number of alkyl halides is 12. The van der Waals surface area contributed by atoms with E-state index in [4.69, 9.17) is 29.6 Å². The quantitative estimate of drug-likeness (QED) is 0.0497. The van der Waals surface area contributed by atoms with Gasteiger partial charge in [0.05, 0.1) is 60.9 Å². The lowest BCUT2D eigenvalue weighted by Gasteiger charge is -2.26. The van der Waals surface area contributed by atoms with Crippen LogP contribution >= 0.6 is 10.7 Å². The first-order valence-corrected chi connectivity index (χ1v) is 32.7. The van der Waals surface area contributed by atoms with Crippen molar-refractivity contribution >= 4 is 72.2 Å². The van der Waals surface area contributed by atoms with Gasteiger partial charge < -0.3 is 15.6 Å². The second-order valence-electron chi connectivity index (χ2n) is 18.6. The Morgan fingerprint density at radius 1 is 0.484 bits per heavy atom. The van der Waals surface area contributed by atoms with Crippen LogP contribution in [0.4, 0.5) is 75.4 Å². The molecule has 496 valence electrons. The number of tetrazole rings is 2. The third-order valence-electron chi connectivity index (χ3n) is 12.1. The summed E-state index contributed by atoms with van der Waals surface area (Å²) in [6, 6.07) is 40.0. The number of rotatable bonds is 12. The normalized spacial score (nSPS) is 11.9. The Kier molecular flexibility index (Phi) is 23.8. The Labute approximate surface area is 536 Å². The van der Waals surface area contributed by atoms with Crippen molar-refractivity contribution in [3.63, 3.8) is 0 Å². The molecule has 10 rings (SSSR count). The molecule has 0 radical (unpaired) electrons. The standard InChI is InChI=1S/C15H11F3N4O2S.C15H10F3NO2S.C14H8F3N5O2S.C7H4ClNO2S.C7H6F3N/c16-15(17,18)13-7-2-1-4-11(13)9-25(23,24)12-6-3-5-10(8-12)14-19-21-22-20-14;1-19-12-6-4-7-13(9-12)22(20,21)10-11-5-2-3-8-14(11)15(16,17)18;15-14(16,17)11-6-1-2-7-12(11)20-25(23,24)10-5-3-4-9(8-10)13-18-21-22-19-13;1-9-6-3-2-4-7(5-6)12(8,10)11;8-7(9,10)5-3-1-2-4-6(5)11/h1-8H,9H2,(H,19,20,21,22);2-9H,10H2;1-8H;2-5H;1-4H,11H2/q;;-2;;. The number of benzene rings is 8. The van der Waals surface area contributed by atoms with Gasteiger partial charge in [-0.3, -0.25) is 10.3 Å². The summed E-state index contributed by atoms with van der Waals surface area (Å²) in [5, 5.41) is 26.9. The summed E-state index contributed by atoms with van der Waals surface area (Å²) in [5.74, 6) is -1.26. The van der Waals surface area contributed by atoms with E-state index >= 15 is 0 Å². The number of hydrogen-bond donors (Lipinski definition) is 2. The highest BCUT2D eigenvalue weighted by Crippen LogP contribution is 2.41. The molecule has 2 aromatic heterocycles. The number of nitrogens with two attached hydrogens (primary N) is 1. The Morgan fingerprint density at radius 2 is 0.905 bits per heavy atom. The molecule has 0 aliphatic heterocycles.